The topological polar surface area (TPSA) is 93.0 Å². The molecule has 2 aromatic carbocycles. The van der Waals surface area contributed by atoms with Gasteiger partial charge >= 0.3 is 0 Å². The molecule has 0 bridgehead atoms. The van der Waals surface area contributed by atoms with Gasteiger partial charge in [0.1, 0.15) is 5.82 Å². The minimum atomic E-state index is -0.550. The van der Waals surface area contributed by atoms with Gasteiger partial charge in [0, 0.05) is 28.3 Å². The van der Waals surface area contributed by atoms with Crippen LogP contribution in [0.3, 0.4) is 0 Å². The highest BCUT2D eigenvalue weighted by molar-refractivity contribution is 7.16. The molecule has 190 valence electrons. The Bertz CT molecular complexity index is 1660. The molecule has 1 aliphatic heterocycles. The van der Waals surface area contributed by atoms with E-state index in [1.807, 2.05) is 24.3 Å². The summed E-state index contributed by atoms with van der Waals surface area (Å²) in [6.07, 6.45) is 4.69. The van der Waals surface area contributed by atoms with Crippen molar-refractivity contribution in [1.82, 2.24) is 25.1 Å². The maximum Gasteiger partial charge on any atom is 0.289 e. The van der Waals surface area contributed by atoms with E-state index >= 15 is 0 Å². The second kappa shape index (κ2) is 9.62. The van der Waals surface area contributed by atoms with Gasteiger partial charge in [0.25, 0.3) is 5.91 Å². The largest absolute Gasteiger partial charge is 0.343 e. The van der Waals surface area contributed by atoms with Crippen molar-refractivity contribution in [1.29, 1.82) is 0 Å². The molecule has 1 saturated heterocycles. The summed E-state index contributed by atoms with van der Waals surface area (Å²) in [4.78, 5) is 37.3. The SMILES string of the molecule is CC1C(=O)N(c2ccc3c(cnn3-c3ccc(F)cc3)c2)C(c2ccc(Cl)s2)[C@H]1NC(=O)c1ncccn1. The van der Waals surface area contributed by atoms with Crippen LogP contribution in [0.5, 0.6) is 0 Å². The number of carbonyl (C=O) groups excluding carboxylic acids is 2. The Morgan fingerprint density at radius 2 is 1.79 bits per heavy atom. The maximum atomic E-state index is 13.7. The second-order valence-electron chi connectivity index (χ2n) is 8.93. The second-order valence-corrected chi connectivity index (χ2v) is 10.7. The molecule has 0 aliphatic carbocycles. The number of carbonyl (C=O) groups is 2. The molecule has 11 heteroatoms. The fraction of sp³-hybridized carbons (Fsp3) is 0.148. The molecule has 2 amide bonds. The van der Waals surface area contributed by atoms with Crippen LogP contribution in [0, 0.1) is 11.7 Å². The third-order valence-corrected chi connectivity index (χ3v) is 7.94. The molecule has 5 aromatic rings. The molecule has 2 unspecified atom stereocenters. The van der Waals surface area contributed by atoms with Gasteiger partial charge in [-0.3, -0.25) is 9.59 Å². The lowest BCUT2D eigenvalue weighted by Gasteiger charge is -2.28. The van der Waals surface area contributed by atoms with E-state index in [2.05, 4.69) is 20.4 Å². The standard InChI is InChI=1S/C27H20ClFN6O2S/c1-15-23(33-26(36)25-30-11-2-12-31-25)24(21-9-10-22(28)38-21)34(27(15)37)19-7-8-20-16(13-19)14-32-35(20)18-5-3-17(29)4-6-18/h2-15,23-24H,1H3,(H,33,36)/t15?,23-,24?/m0/s1. The number of halogens is 2. The van der Waals surface area contributed by atoms with Crippen LogP contribution in [0.4, 0.5) is 10.1 Å². The van der Waals surface area contributed by atoms with E-state index in [1.165, 1.54) is 35.9 Å². The Kier molecular flexibility index (Phi) is 6.13. The van der Waals surface area contributed by atoms with Crippen LogP contribution < -0.4 is 10.2 Å². The van der Waals surface area contributed by atoms with Crippen molar-refractivity contribution in [3.05, 3.63) is 100 Å². The molecular weight excluding hydrogens is 527 g/mol. The van der Waals surface area contributed by atoms with Gasteiger partial charge in [-0.25, -0.2) is 19.0 Å². The maximum absolute atomic E-state index is 13.7. The van der Waals surface area contributed by atoms with Crippen LogP contribution in [0.2, 0.25) is 4.34 Å². The van der Waals surface area contributed by atoms with Gasteiger partial charge in [-0.1, -0.05) is 18.5 Å². The molecule has 0 radical (unpaired) electrons. The summed E-state index contributed by atoms with van der Waals surface area (Å²) >= 11 is 7.64. The van der Waals surface area contributed by atoms with Gasteiger partial charge in [-0.05, 0) is 60.7 Å². The van der Waals surface area contributed by atoms with Crippen molar-refractivity contribution in [2.24, 2.45) is 5.92 Å². The van der Waals surface area contributed by atoms with E-state index < -0.39 is 23.9 Å². The van der Waals surface area contributed by atoms with Gasteiger partial charge in [-0.2, -0.15) is 5.10 Å². The Hall–Kier alpha value is -4.15. The van der Waals surface area contributed by atoms with Crippen LogP contribution in [-0.2, 0) is 4.79 Å². The van der Waals surface area contributed by atoms with E-state index in [1.54, 1.807) is 47.0 Å². The van der Waals surface area contributed by atoms with Gasteiger partial charge in [0.05, 0.1) is 39.7 Å². The third kappa shape index (κ3) is 4.21. The zero-order valence-electron chi connectivity index (χ0n) is 20.0. The molecule has 3 aromatic heterocycles. The Balaban J connectivity index is 1.39. The fourth-order valence-electron chi connectivity index (χ4n) is 4.82. The van der Waals surface area contributed by atoms with Crippen molar-refractivity contribution in [2.75, 3.05) is 4.90 Å². The molecule has 1 fully saturated rings. The average Bonchev–Trinajstić information content (AvgIpc) is 3.62. The molecule has 1 aliphatic rings. The number of hydrogen-bond donors (Lipinski definition) is 1. The first-order valence-corrected chi connectivity index (χ1v) is 13.0. The average molecular weight is 547 g/mol. The predicted octanol–water partition coefficient (Wildman–Crippen LogP) is 5.19. The van der Waals surface area contributed by atoms with E-state index in [9.17, 15) is 14.0 Å². The number of rotatable bonds is 5. The highest BCUT2D eigenvalue weighted by Crippen LogP contribution is 2.44. The summed E-state index contributed by atoms with van der Waals surface area (Å²) in [5.41, 5.74) is 2.19. The van der Waals surface area contributed by atoms with Crippen molar-refractivity contribution < 1.29 is 14.0 Å². The van der Waals surface area contributed by atoms with Crippen LogP contribution in [-0.4, -0.2) is 37.6 Å². The third-order valence-electron chi connectivity index (χ3n) is 6.64. The summed E-state index contributed by atoms with van der Waals surface area (Å²) < 4.78 is 15.7. The Morgan fingerprint density at radius 1 is 1.05 bits per heavy atom. The van der Waals surface area contributed by atoms with Crippen molar-refractivity contribution >= 4 is 51.3 Å². The highest BCUT2D eigenvalue weighted by Gasteiger charge is 2.48. The lowest BCUT2D eigenvalue weighted by molar-refractivity contribution is -0.120. The van der Waals surface area contributed by atoms with Crippen molar-refractivity contribution in [2.45, 2.75) is 19.0 Å². The number of aromatic nitrogens is 4. The molecule has 1 N–H and O–H groups in total. The molecular formula is C27H20ClFN6O2S. The van der Waals surface area contributed by atoms with Crippen LogP contribution in [0.1, 0.15) is 28.5 Å². The number of thiophene rings is 1. The summed E-state index contributed by atoms with van der Waals surface area (Å²) in [6.45, 7) is 1.80. The highest BCUT2D eigenvalue weighted by atomic mass is 35.5. The zero-order chi connectivity index (χ0) is 26.4. The Morgan fingerprint density at radius 3 is 2.50 bits per heavy atom. The van der Waals surface area contributed by atoms with Gasteiger partial charge in [0.15, 0.2) is 0 Å². The van der Waals surface area contributed by atoms with Crippen LogP contribution >= 0.6 is 22.9 Å². The molecule has 6 rings (SSSR count). The summed E-state index contributed by atoms with van der Waals surface area (Å²) in [7, 11) is 0. The fourth-order valence-corrected chi connectivity index (χ4v) is 6.02. The van der Waals surface area contributed by atoms with E-state index in [0.29, 0.717) is 10.0 Å². The van der Waals surface area contributed by atoms with Crippen molar-refractivity contribution in [3.63, 3.8) is 0 Å². The lowest BCUT2D eigenvalue weighted by Crippen LogP contribution is -2.42. The number of nitrogens with one attached hydrogen (secondary N) is 1. The van der Waals surface area contributed by atoms with Gasteiger partial charge < -0.3 is 10.2 Å². The smallest absolute Gasteiger partial charge is 0.289 e. The van der Waals surface area contributed by atoms with Crippen molar-refractivity contribution in [3.8, 4) is 5.69 Å². The number of benzene rings is 2. The number of hydrogen-bond acceptors (Lipinski definition) is 6. The number of fused-ring (bicyclic) bond motifs is 1. The van der Waals surface area contributed by atoms with Gasteiger partial charge in [0.2, 0.25) is 11.7 Å². The summed E-state index contributed by atoms with van der Waals surface area (Å²) in [5.74, 6) is -1.41. The number of anilines is 1. The first-order chi connectivity index (χ1) is 18.4. The number of amides is 2. The minimum absolute atomic E-state index is 0.0307. The molecule has 0 saturated carbocycles. The van der Waals surface area contributed by atoms with E-state index in [-0.39, 0.29) is 17.5 Å². The predicted molar refractivity (Wildman–Crippen MR) is 143 cm³/mol. The lowest BCUT2D eigenvalue weighted by atomic mass is 9.98. The molecule has 3 atom stereocenters. The number of nitrogens with zero attached hydrogens (tertiary/aromatic N) is 5. The molecule has 0 spiro atoms. The minimum Gasteiger partial charge on any atom is -0.343 e. The molecule has 4 heterocycles. The quantitative estimate of drug-likeness (QED) is 0.327. The summed E-state index contributed by atoms with van der Waals surface area (Å²) in [5, 5.41) is 8.27. The molecule has 38 heavy (non-hydrogen) atoms. The first-order valence-electron chi connectivity index (χ1n) is 11.8. The van der Waals surface area contributed by atoms with E-state index in [0.717, 1.165) is 21.5 Å². The van der Waals surface area contributed by atoms with Gasteiger partial charge in [-0.15, -0.1) is 11.3 Å². The molecule has 8 nitrogen and oxygen atoms in total. The normalized spacial score (nSPS) is 19.3. The Labute approximate surface area is 225 Å². The zero-order valence-corrected chi connectivity index (χ0v) is 21.5. The first kappa shape index (κ1) is 24.2. The van der Waals surface area contributed by atoms with Crippen LogP contribution in [0.25, 0.3) is 16.6 Å². The van der Waals surface area contributed by atoms with E-state index in [4.69, 9.17) is 11.6 Å². The summed E-state index contributed by atoms with van der Waals surface area (Å²) in [6, 6.07) is 15.9. The monoisotopic (exact) mass is 546 g/mol. The van der Waals surface area contributed by atoms with Crippen LogP contribution in [0.15, 0.2) is 79.3 Å².